The maximum Gasteiger partial charge on any atom is 0.325 e. The van der Waals surface area contributed by atoms with Crippen molar-refractivity contribution in [2.45, 2.75) is 51.9 Å². The zero-order valence-corrected chi connectivity index (χ0v) is 16.7. The Kier molecular flexibility index (Phi) is 10.2. The largest absolute Gasteiger partial charge is 0.459 e. The summed E-state index contributed by atoms with van der Waals surface area (Å²) in [7, 11) is 0. The van der Waals surface area contributed by atoms with Gasteiger partial charge in [-0.05, 0) is 31.2 Å². The van der Waals surface area contributed by atoms with E-state index in [1.165, 1.54) is 5.56 Å². The fourth-order valence-corrected chi connectivity index (χ4v) is 3.05. The number of carbonyl (C=O) groups is 1. The first-order valence-corrected chi connectivity index (χ1v) is 9.16. The fourth-order valence-electron chi connectivity index (χ4n) is 3.05. The van der Waals surface area contributed by atoms with Crippen molar-refractivity contribution in [3.05, 3.63) is 35.9 Å². The van der Waals surface area contributed by atoms with E-state index < -0.39 is 12.0 Å². The van der Waals surface area contributed by atoms with E-state index in [0.717, 1.165) is 12.8 Å². The lowest BCUT2D eigenvalue weighted by Gasteiger charge is -2.31. The van der Waals surface area contributed by atoms with Crippen LogP contribution in [0.5, 0.6) is 0 Å². The summed E-state index contributed by atoms with van der Waals surface area (Å²) in [6, 6.07) is 9.63. The first-order valence-electron chi connectivity index (χ1n) is 9.16. The topological polar surface area (TPSA) is 70.8 Å². The Bertz CT molecular complexity index is 526. The normalized spacial score (nSPS) is 27.0. The first kappa shape index (κ1) is 22.9. The molecule has 26 heavy (non-hydrogen) atoms. The van der Waals surface area contributed by atoms with Gasteiger partial charge in [0, 0.05) is 12.5 Å². The summed E-state index contributed by atoms with van der Waals surface area (Å²) in [4.78, 5) is 12.0. The van der Waals surface area contributed by atoms with Crippen molar-refractivity contribution in [1.29, 1.82) is 0 Å². The van der Waals surface area contributed by atoms with Gasteiger partial charge in [0.2, 0.25) is 0 Å². The Morgan fingerprint density at radius 3 is 2.58 bits per heavy atom. The number of ether oxygens (including phenoxy) is 3. The molecule has 1 aliphatic heterocycles. The van der Waals surface area contributed by atoms with Crippen molar-refractivity contribution in [2.75, 3.05) is 19.8 Å². The molecule has 0 spiro atoms. The molecule has 1 heterocycles. The number of benzene rings is 1. The zero-order valence-electron chi connectivity index (χ0n) is 15.9. The van der Waals surface area contributed by atoms with E-state index in [4.69, 9.17) is 19.9 Å². The van der Waals surface area contributed by atoms with Crippen LogP contribution in [0.1, 0.15) is 32.8 Å². The van der Waals surface area contributed by atoms with Gasteiger partial charge in [0.25, 0.3) is 0 Å². The summed E-state index contributed by atoms with van der Waals surface area (Å²) >= 11 is 0. The molecule has 6 heteroatoms. The molecular formula is C20H32ClNO4. The molecule has 148 valence electrons. The van der Waals surface area contributed by atoms with Gasteiger partial charge in [-0.3, -0.25) is 4.79 Å². The van der Waals surface area contributed by atoms with Crippen molar-refractivity contribution < 1.29 is 19.0 Å². The molecule has 0 saturated carbocycles. The van der Waals surface area contributed by atoms with E-state index in [9.17, 15) is 4.79 Å². The number of hydrogen-bond acceptors (Lipinski definition) is 5. The molecule has 1 aromatic rings. The maximum atomic E-state index is 12.0. The van der Waals surface area contributed by atoms with Gasteiger partial charge < -0.3 is 19.9 Å². The van der Waals surface area contributed by atoms with Crippen molar-refractivity contribution in [3.8, 4) is 0 Å². The molecule has 4 atom stereocenters. The van der Waals surface area contributed by atoms with Crippen LogP contribution >= 0.6 is 12.4 Å². The van der Waals surface area contributed by atoms with Crippen LogP contribution in [0.25, 0.3) is 0 Å². The lowest BCUT2D eigenvalue weighted by Crippen LogP contribution is -2.41. The van der Waals surface area contributed by atoms with Crippen molar-refractivity contribution in [3.63, 3.8) is 0 Å². The third-order valence-electron chi connectivity index (χ3n) is 4.43. The minimum absolute atomic E-state index is 0. The van der Waals surface area contributed by atoms with Crippen molar-refractivity contribution in [1.82, 2.24) is 0 Å². The van der Waals surface area contributed by atoms with E-state index in [1.54, 1.807) is 0 Å². The Labute approximate surface area is 163 Å². The maximum absolute atomic E-state index is 12.0. The molecule has 0 aromatic heterocycles. The Hall–Kier alpha value is -1.14. The van der Waals surface area contributed by atoms with Crippen LogP contribution in [-0.2, 0) is 25.4 Å². The van der Waals surface area contributed by atoms with Crippen LogP contribution in [0.15, 0.2) is 30.3 Å². The third-order valence-corrected chi connectivity index (χ3v) is 4.43. The minimum atomic E-state index is -0.735. The molecular weight excluding hydrogens is 354 g/mol. The number of cyclic esters (lactones) is 1. The molecule has 0 unspecified atom stereocenters. The molecule has 0 radical (unpaired) electrons. The standard InChI is InChI=1S/C20H31NO4.ClH/c1-14(2)11-24-19-15(3)25-20(22)18(21)13-23-12-17(19)10-9-16-7-5-4-6-8-16;/h4-8,14-15,17-19H,9-13,21H2,1-3H3;1H/t15-,17-,18-,19-;/m0./s1. The Morgan fingerprint density at radius 1 is 1.23 bits per heavy atom. The average Bonchev–Trinajstić information content (AvgIpc) is 2.63. The highest BCUT2D eigenvalue weighted by atomic mass is 35.5. The summed E-state index contributed by atoms with van der Waals surface area (Å²) < 4.78 is 17.4. The van der Waals surface area contributed by atoms with E-state index in [0.29, 0.717) is 19.1 Å². The number of aryl methyl sites for hydroxylation is 1. The molecule has 1 saturated heterocycles. The quantitative estimate of drug-likeness (QED) is 0.762. The van der Waals surface area contributed by atoms with Crippen LogP contribution in [0.2, 0.25) is 0 Å². The lowest BCUT2D eigenvalue weighted by molar-refractivity contribution is -0.160. The van der Waals surface area contributed by atoms with Gasteiger partial charge in [-0.1, -0.05) is 44.2 Å². The zero-order chi connectivity index (χ0) is 18.2. The highest BCUT2D eigenvalue weighted by molar-refractivity contribution is 5.85. The molecule has 0 aliphatic carbocycles. The molecule has 1 aromatic carbocycles. The Balaban J connectivity index is 0.00000338. The monoisotopic (exact) mass is 385 g/mol. The highest BCUT2D eigenvalue weighted by Gasteiger charge is 2.33. The number of halogens is 1. The van der Waals surface area contributed by atoms with Gasteiger partial charge in [0.1, 0.15) is 12.1 Å². The Morgan fingerprint density at radius 2 is 1.92 bits per heavy atom. The van der Waals surface area contributed by atoms with Gasteiger partial charge in [0.05, 0.1) is 19.3 Å². The second-order valence-electron chi connectivity index (χ2n) is 7.26. The third kappa shape index (κ3) is 7.23. The lowest BCUT2D eigenvalue weighted by atomic mass is 9.92. The predicted molar refractivity (Wildman–Crippen MR) is 104 cm³/mol. The summed E-state index contributed by atoms with van der Waals surface area (Å²) in [6.07, 6.45) is 1.30. The first-order chi connectivity index (χ1) is 12.0. The van der Waals surface area contributed by atoms with Crippen LogP contribution in [0.3, 0.4) is 0 Å². The predicted octanol–water partition coefficient (Wildman–Crippen LogP) is 2.99. The van der Waals surface area contributed by atoms with Crippen LogP contribution < -0.4 is 5.73 Å². The average molecular weight is 386 g/mol. The van der Waals surface area contributed by atoms with Gasteiger partial charge in [-0.25, -0.2) is 0 Å². The SMILES string of the molecule is CC(C)CO[C@@H]1[C@@H](CCc2ccccc2)COC[C@H](N)C(=O)O[C@H]1C.Cl. The van der Waals surface area contributed by atoms with Crippen LogP contribution in [0.4, 0.5) is 0 Å². The molecule has 0 amide bonds. The summed E-state index contributed by atoms with van der Waals surface area (Å²) in [5.74, 6) is 0.134. The number of hydrogen-bond donors (Lipinski definition) is 1. The second-order valence-corrected chi connectivity index (χ2v) is 7.26. The summed E-state index contributed by atoms with van der Waals surface area (Å²) in [5, 5.41) is 0. The van der Waals surface area contributed by atoms with Gasteiger partial charge in [-0.2, -0.15) is 0 Å². The molecule has 1 aliphatic rings. The van der Waals surface area contributed by atoms with Crippen LogP contribution in [-0.4, -0.2) is 44.0 Å². The van der Waals surface area contributed by atoms with E-state index in [-0.39, 0.29) is 37.1 Å². The van der Waals surface area contributed by atoms with Gasteiger partial charge in [0.15, 0.2) is 0 Å². The van der Waals surface area contributed by atoms with E-state index >= 15 is 0 Å². The molecule has 0 bridgehead atoms. The molecule has 5 nitrogen and oxygen atoms in total. The highest BCUT2D eigenvalue weighted by Crippen LogP contribution is 2.23. The summed E-state index contributed by atoms with van der Waals surface area (Å²) in [5.41, 5.74) is 7.10. The molecule has 2 rings (SSSR count). The smallest absolute Gasteiger partial charge is 0.325 e. The van der Waals surface area contributed by atoms with Crippen molar-refractivity contribution in [2.24, 2.45) is 17.6 Å². The number of carbonyl (C=O) groups excluding carboxylic acids is 1. The van der Waals surface area contributed by atoms with Crippen LogP contribution in [0, 0.1) is 11.8 Å². The van der Waals surface area contributed by atoms with Gasteiger partial charge in [-0.15, -0.1) is 12.4 Å². The van der Waals surface area contributed by atoms with E-state index in [2.05, 4.69) is 26.0 Å². The molecule has 2 N–H and O–H groups in total. The van der Waals surface area contributed by atoms with Crippen molar-refractivity contribution >= 4 is 18.4 Å². The second kappa shape index (κ2) is 11.5. The fraction of sp³-hybridized carbons (Fsp3) is 0.650. The molecule has 1 fully saturated rings. The van der Waals surface area contributed by atoms with E-state index in [1.807, 2.05) is 25.1 Å². The number of rotatable bonds is 6. The van der Waals surface area contributed by atoms with Gasteiger partial charge >= 0.3 is 5.97 Å². The number of esters is 1. The summed E-state index contributed by atoms with van der Waals surface area (Å²) in [6.45, 7) is 7.43. The minimum Gasteiger partial charge on any atom is -0.459 e. The number of nitrogens with two attached hydrogens (primary N) is 1.